The smallest absolute Gasteiger partial charge is 0.199 e. The predicted molar refractivity (Wildman–Crippen MR) is 80.2 cm³/mol. The Bertz CT molecular complexity index is 660. The van der Waals surface area contributed by atoms with Crippen LogP contribution in [0.3, 0.4) is 0 Å². The second-order valence-electron chi connectivity index (χ2n) is 4.67. The topological polar surface area (TPSA) is 26.3 Å². The standard InChI is InChI=1S/C16H12Cl2O2/c17-12-7-2-8-13(18)14(12)15(19)11-6-1-4-10-5-3-9-20-16(10)11/h1-2,4,6-8H,3,5,9H2. The van der Waals surface area contributed by atoms with Crippen molar-refractivity contribution in [1.29, 1.82) is 0 Å². The minimum absolute atomic E-state index is 0.195. The summed E-state index contributed by atoms with van der Waals surface area (Å²) in [5.74, 6) is 0.471. The molecule has 0 unspecified atom stereocenters. The van der Waals surface area contributed by atoms with Gasteiger partial charge in [0.2, 0.25) is 0 Å². The van der Waals surface area contributed by atoms with Gasteiger partial charge in [0.25, 0.3) is 0 Å². The van der Waals surface area contributed by atoms with Crippen molar-refractivity contribution in [2.45, 2.75) is 12.8 Å². The molecule has 0 radical (unpaired) electrons. The molecule has 0 saturated carbocycles. The van der Waals surface area contributed by atoms with E-state index < -0.39 is 0 Å². The molecule has 2 aromatic carbocycles. The van der Waals surface area contributed by atoms with Crippen molar-refractivity contribution < 1.29 is 9.53 Å². The first-order chi connectivity index (χ1) is 9.68. The number of halogens is 2. The molecule has 2 aromatic rings. The molecule has 1 aliphatic heterocycles. The number of para-hydroxylation sites is 1. The zero-order chi connectivity index (χ0) is 14.1. The van der Waals surface area contributed by atoms with E-state index in [0.29, 0.717) is 33.5 Å². The van der Waals surface area contributed by atoms with Crippen LogP contribution in [0.5, 0.6) is 5.75 Å². The Kier molecular flexibility index (Phi) is 3.68. The number of rotatable bonds is 2. The van der Waals surface area contributed by atoms with Gasteiger partial charge in [-0.25, -0.2) is 0 Å². The van der Waals surface area contributed by atoms with E-state index in [1.165, 1.54) is 0 Å². The van der Waals surface area contributed by atoms with Gasteiger partial charge in [0.05, 0.1) is 27.8 Å². The third kappa shape index (κ3) is 2.30. The Hall–Kier alpha value is -1.51. The van der Waals surface area contributed by atoms with Crippen molar-refractivity contribution in [3.8, 4) is 5.75 Å². The number of ether oxygens (including phenoxy) is 1. The van der Waals surface area contributed by atoms with Crippen molar-refractivity contribution in [2.75, 3.05) is 6.61 Å². The van der Waals surface area contributed by atoms with Gasteiger partial charge in [-0.1, -0.05) is 41.4 Å². The molecule has 0 saturated heterocycles. The van der Waals surface area contributed by atoms with Gasteiger partial charge in [-0.15, -0.1) is 0 Å². The number of benzene rings is 2. The van der Waals surface area contributed by atoms with Crippen molar-refractivity contribution in [3.63, 3.8) is 0 Å². The highest BCUT2D eigenvalue weighted by Gasteiger charge is 2.23. The van der Waals surface area contributed by atoms with Gasteiger partial charge < -0.3 is 4.74 Å². The van der Waals surface area contributed by atoms with Gasteiger partial charge >= 0.3 is 0 Å². The van der Waals surface area contributed by atoms with Gasteiger partial charge in [-0.2, -0.15) is 0 Å². The molecule has 1 heterocycles. The second-order valence-corrected chi connectivity index (χ2v) is 5.49. The maximum Gasteiger partial charge on any atom is 0.199 e. The fourth-order valence-electron chi connectivity index (χ4n) is 2.42. The molecular formula is C16H12Cl2O2. The van der Waals surface area contributed by atoms with Crippen LogP contribution in [0.25, 0.3) is 0 Å². The third-order valence-corrected chi connectivity index (χ3v) is 4.00. The first-order valence-corrected chi connectivity index (χ1v) is 7.17. The van der Waals surface area contributed by atoms with E-state index in [1.807, 2.05) is 12.1 Å². The first kappa shape index (κ1) is 13.5. The summed E-state index contributed by atoms with van der Waals surface area (Å²) in [6, 6.07) is 10.7. The molecule has 0 atom stereocenters. The van der Waals surface area contributed by atoms with Crippen LogP contribution < -0.4 is 4.74 Å². The van der Waals surface area contributed by atoms with E-state index in [1.54, 1.807) is 24.3 Å². The summed E-state index contributed by atoms with van der Waals surface area (Å²) in [6.45, 7) is 0.632. The highest BCUT2D eigenvalue weighted by molar-refractivity contribution is 6.41. The van der Waals surface area contributed by atoms with E-state index in [-0.39, 0.29) is 5.78 Å². The van der Waals surface area contributed by atoms with Gasteiger partial charge in [0.1, 0.15) is 5.75 Å². The third-order valence-electron chi connectivity index (χ3n) is 3.37. The molecule has 0 aromatic heterocycles. The zero-order valence-corrected chi connectivity index (χ0v) is 12.2. The van der Waals surface area contributed by atoms with E-state index >= 15 is 0 Å². The molecule has 1 aliphatic rings. The lowest BCUT2D eigenvalue weighted by atomic mass is 9.97. The highest BCUT2D eigenvalue weighted by Crippen LogP contribution is 2.34. The first-order valence-electron chi connectivity index (χ1n) is 6.42. The molecule has 2 nitrogen and oxygen atoms in total. The van der Waals surface area contributed by atoms with Crippen LogP contribution in [0, 0.1) is 0 Å². The van der Waals surface area contributed by atoms with Crippen LogP contribution >= 0.6 is 23.2 Å². The average Bonchev–Trinajstić information content (AvgIpc) is 2.46. The van der Waals surface area contributed by atoms with Crippen molar-refractivity contribution in [2.24, 2.45) is 0 Å². The van der Waals surface area contributed by atoms with Crippen molar-refractivity contribution >= 4 is 29.0 Å². The van der Waals surface area contributed by atoms with Gasteiger partial charge in [0.15, 0.2) is 5.78 Å². The normalized spacial score (nSPS) is 13.5. The Labute approximate surface area is 127 Å². The number of carbonyl (C=O) groups is 1. The number of aryl methyl sites for hydroxylation is 1. The summed E-state index contributed by atoms with van der Waals surface area (Å²) in [7, 11) is 0. The highest BCUT2D eigenvalue weighted by atomic mass is 35.5. The zero-order valence-electron chi connectivity index (χ0n) is 10.7. The lowest BCUT2D eigenvalue weighted by molar-refractivity contribution is 0.103. The van der Waals surface area contributed by atoms with Crippen LogP contribution in [0.1, 0.15) is 27.9 Å². The molecule has 20 heavy (non-hydrogen) atoms. The fourth-order valence-corrected chi connectivity index (χ4v) is 2.99. The predicted octanol–water partition coefficient (Wildman–Crippen LogP) is 4.55. The lowest BCUT2D eigenvalue weighted by Crippen LogP contribution is -2.13. The monoisotopic (exact) mass is 306 g/mol. The largest absolute Gasteiger partial charge is 0.493 e. The minimum Gasteiger partial charge on any atom is -0.493 e. The molecule has 0 aliphatic carbocycles. The van der Waals surface area contributed by atoms with E-state index in [9.17, 15) is 4.79 Å². The molecule has 3 rings (SSSR count). The molecule has 0 amide bonds. The quantitative estimate of drug-likeness (QED) is 0.761. The maximum absolute atomic E-state index is 12.7. The Balaban J connectivity index is 2.12. The van der Waals surface area contributed by atoms with E-state index in [4.69, 9.17) is 27.9 Å². The Morgan fingerprint density at radius 3 is 2.50 bits per heavy atom. The molecule has 4 heteroatoms. The number of ketones is 1. The SMILES string of the molecule is O=C(c1cccc2c1OCCC2)c1c(Cl)cccc1Cl. The molecule has 0 spiro atoms. The number of hydrogen-bond acceptors (Lipinski definition) is 2. The average molecular weight is 307 g/mol. The van der Waals surface area contributed by atoms with Crippen molar-refractivity contribution in [1.82, 2.24) is 0 Å². The summed E-state index contributed by atoms with van der Waals surface area (Å²) in [6.07, 6.45) is 1.89. The van der Waals surface area contributed by atoms with Crippen LogP contribution in [0.2, 0.25) is 10.0 Å². The van der Waals surface area contributed by atoms with Crippen molar-refractivity contribution in [3.05, 3.63) is 63.1 Å². The van der Waals surface area contributed by atoms with Crippen LogP contribution in [0.15, 0.2) is 36.4 Å². The summed E-state index contributed by atoms with van der Waals surface area (Å²) in [5, 5.41) is 0.715. The van der Waals surface area contributed by atoms with Gasteiger partial charge in [-0.3, -0.25) is 4.79 Å². The van der Waals surface area contributed by atoms with Gasteiger partial charge in [0, 0.05) is 0 Å². The Morgan fingerprint density at radius 2 is 1.75 bits per heavy atom. The molecule has 0 bridgehead atoms. The summed E-state index contributed by atoms with van der Waals surface area (Å²) < 4.78 is 5.67. The van der Waals surface area contributed by atoms with E-state index in [2.05, 4.69) is 0 Å². The van der Waals surface area contributed by atoms with E-state index in [0.717, 1.165) is 18.4 Å². The maximum atomic E-state index is 12.7. The molecule has 0 N–H and O–H groups in total. The van der Waals surface area contributed by atoms with Crippen LogP contribution in [0.4, 0.5) is 0 Å². The van der Waals surface area contributed by atoms with Gasteiger partial charge in [-0.05, 0) is 36.6 Å². The van der Waals surface area contributed by atoms with Crippen LogP contribution in [-0.2, 0) is 6.42 Å². The molecule has 0 fully saturated rings. The molecular weight excluding hydrogens is 295 g/mol. The summed E-state index contributed by atoms with van der Waals surface area (Å²) in [4.78, 5) is 12.7. The number of carbonyl (C=O) groups excluding carboxylic acids is 1. The summed E-state index contributed by atoms with van der Waals surface area (Å²) >= 11 is 12.2. The molecule has 102 valence electrons. The number of fused-ring (bicyclic) bond motifs is 1. The Morgan fingerprint density at radius 1 is 1.05 bits per heavy atom. The lowest BCUT2D eigenvalue weighted by Gasteiger charge is -2.20. The number of hydrogen-bond donors (Lipinski definition) is 0. The fraction of sp³-hybridized carbons (Fsp3) is 0.188. The van der Waals surface area contributed by atoms with Crippen LogP contribution in [-0.4, -0.2) is 12.4 Å². The minimum atomic E-state index is -0.195. The second kappa shape index (κ2) is 5.47. The summed E-state index contributed by atoms with van der Waals surface area (Å²) in [5.41, 5.74) is 1.92.